The molecule has 0 bridgehead atoms. The first kappa shape index (κ1) is 24.0. The van der Waals surface area contributed by atoms with Crippen molar-refractivity contribution in [3.05, 3.63) is 70.2 Å². The van der Waals surface area contributed by atoms with Crippen LogP contribution in [0.3, 0.4) is 0 Å². The molecule has 0 saturated carbocycles. The number of benzene rings is 2. The van der Waals surface area contributed by atoms with Crippen LogP contribution in [0.4, 0.5) is 13.2 Å². The Balaban J connectivity index is 1.77. The quantitative estimate of drug-likeness (QED) is 0.462. The van der Waals surface area contributed by atoms with Gasteiger partial charge in [0.2, 0.25) is 0 Å². The summed E-state index contributed by atoms with van der Waals surface area (Å²) in [4.78, 5) is 16.9. The average molecular weight is 468 g/mol. The highest BCUT2D eigenvalue weighted by molar-refractivity contribution is 6.30. The standard InChI is InChI=1S/C22H25ClF3N5O/c1-12(2)11-27-22(29-21(32)14-6-9-16(24)17(25)10-14)28-20-18(26)19(30-31(20)3)13-4-7-15(23)8-5-13/h4-10,12,18-20,30H,11H2,1-3H3,(H2,27,28,29,32). The Bertz CT molecular complexity index is 986. The molecule has 0 spiro atoms. The van der Waals surface area contributed by atoms with E-state index in [1.54, 1.807) is 36.3 Å². The van der Waals surface area contributed by atoms with Crippen molar-refractivity contribution in [2.24, 2.45) is 10.9 Å². The highest BCUT2D eigenvalue weighted by Gasteiger charge is 2.41. The highest BCUT2D eigenvalue weighted by atomic mass is 35.5. The van der Waals surface area contributed by atoms with E-state index in [4.69, 9.17) is 11.6 Å². The number of hydrogen-bond donors (Lipinski definition) is 3. The van der Waals surface area contributed by atoms with Crippen LogP contribution < -0.4 is 16.1 Å². The van der Waals surface area contributed by atoms with Crippen LogP contribution in [-0.4, -0.2) is 42.8 Å². The highest BCUT2D eigenvalue weighted by Crippen LogP contribution is 2.29. The van der Waals surface area contributed by atoms with Crippen LogP contribution in [0.2, 0.25) is 5.02 Å². The molecule has 0 radical (unpaired) electrons. The van der Waals surface area contributed by atoms with Crippen molar-refractivity contribution in [3.8, 4) is 0 Å². The second-order valence-corrected chi connectivity index (χ2v) is 8.41. The smallest absolute Gasteiger partial charge is 0.258 e. The van der Waals surface area contributed by atoms with Gasteiger partial charge < -0.3 is 5.32 Å². The van der Waals surface area contributed by atoms with Crippen molar-refractivity contribution in [1.29, 1.82) is 0 Å². The summed E-state index contributed by atoms with van der Waals surface area (Å²) in [5.74, 6) is -2.68. The number of rotatable bonds is 5. The lowest BCUT2D eigenvalue weighted by atomic mass is 10.0. The molecule has 0 aliphatic carbocycles. The molecule has 32 heavy (non-hydrogen) atoms. The molecule has 10 heteroatoms. The van der Waals surface area contributed by atoms with E-state index in [1.807, 2.05) is 13.8 Å². The zero-order chi connectivity index (χ0) is 23.4. The third kappa shape index (κ3) is 5.79. The van der Waals surface area contributed by atoms with Gasteiger partial charge in [-0.1, -0.05) is 37.6 Å². The Labute approximate surface area is 189 Å². The molecule has 3 N–H and O–H groups in total. The van der Waals surface area contributed by atoms with Gasteiger partial charge in [0.25, 0.3) is 5.91 Å². The van der Waals surface area contributed by atoms with Crippen LogP contribution in [0.5, 0.6) is 0 Å². The zero-order valence-corrected chi connectivity index (χ0v) is 18.6. The SMILES string of the molecule is CC(C)CN=C(NC(=O)c1ccc(F)c(F)c1)NC1C(F)C(c2ccc(Cl)cc2)NN1C. The van der Waals surface area contributed by atoms with E-state index in [2.05, 4.69) is 21.1 Å². The lowest BCUT2D eigenvalue weighted by Crippen LogP contribution is -2.53. The summed E-state index contributed by atoms with van der Waals surface area (Å²) in [6, 6.07) is 9.03. The van der Waals surface area contributed by atoms with Crippen LogP contribution in [0.15, 0.2) is 47.5 Å². The first-order valence-corrected chi connectivity index (χ1v) is 10.5. The molecule has 2 aromatic rings. The summed E-state index contributed by atoms with van der Waals surface area (Å²) < 4.78 is 42.0. The molecular weight excluding hydrogens is 443 g/mol. The minimum atomic E-state index is -1.40. The molecule has 1 amide bonds. The van der Waals surface area contributed by atoms with Crippen LogP contribution in [0.25, 0.3) is 0 Å². The molecule has 3 atom stereocenters. The fourth-order valence-corrected chi connectivity index (χ4v) is 3.35. The van der Waals surface area contributed by atoms with E-state index >= 15 is 4.39 Å². The molecule has 172 valence electrons. The lowest BCUT2D eigenvalue weighted by molar-refractivity contribution is 0.0972. The minimum Gasteiger partial charge on any atom is -0.337 e. The Kier molecular flexibility index (Phi) is 7.76. The van der Waals surface area contributed by atoms with Gasteiger partial charge in [-0.25, -0.2) is 23.6 Å². The molecule has 3 rings (SSSR count). The van der Waals surface area contributed by atoms with Crippen LogP contribution in [0, 0.1) is 17.6 Å². The molecular formula is C22H25ClF3N5O. The molecule has 1 aliphatic rings. The third-order valence-electron chi connectivity index (χ3n) is 4.92. The monoisotopic (exact) mass is 467 g/mol. The van der Waals surface area contributed by atoms with Gasteiger partial charge in [0.15, 0.2) is 23.8 Å². The topological polar surface area (TPSA) is 68.8 Å². The summed E-state index contributed by atoms with van der Waals surface area (Å²) in [5.41, 5.74) is 3.68. The predicted octanol–water partition coefficient (Wildman–Crippen LogP) is 3.81. The van der Waals surface area contributed by atoms with Gasteiger partial charge in [-0.05, 0) is 41.8 Å². The van der Waals surface area contributed by atoms with E-state index in [9.17, 15) is 13.6 Å². The first-order valence-electron chi connectivity index (χ1n) is 10.1. The number of carbonyl (C=O) groups excluding carboxylic acids is 1. The molecule has 1 fully saturated rings. The second-order valence-electron chi connectivity index (χ2n) is 7.97. The van der Waals surface area contributed by atoms with Crippen molar-refractivity contribution >= 4 is 23.5 Å². The molecule has 1 heterocycles. The van der Waals surface area contributed by atoms with Crippen LogP contribution in [-0.2, 0) is 0 Å². The van der Waals surface area contributed by atoms with Crippen molar-refractivity contribution in [2.75, 3.05) is 13.6 Å². The van der Waals surface area contributed by atoms with Crippen molar-refractivity contribution in [2.45, 2.75) is 32.2 Å². The fraction of sp³-hybridized carbons (Fsp3) is 0.364. The molecule has 6 nitrogen and oxygen atoms in total. The number of nitrogens with zero attached hydrogens (tertiary/aromatic N) is 2. The van der Waals surface area contributed by atoms with Gasteiger partial charge in [-0.2, -0.15) is 0 Å². The third-order valence-corrected chi connectivity index (χ3v) is 5.17. The van der Waals surface area contributed by atoms with Crippen LogP contribution >= 0.6 is 11.6 Å². The zero-order valence-electron chi connectivity index (χ0n) is 17.9. The van der Waals surface area contributed by atoms with Gasteiger partial charge in [0.05, 0.1) is 6.04 Å². The number of guanidine groups is 1. The first-order chi connectivity index (χ1) is 15.2. The fourth-order valence-electron chi connectivity index (χ4n) is 3.22. The number of alkyl halides is 1. The molecule has 2 aromatic carbocycles. The number of hydrazine groups is 1. The van der Waals surface area contributed by atoms with E-state index in [0.717, 1.165) is 18.2 Å². The summed E-state index contributed by atoms with van der Waals surface area (Å²) >= 11 is 5.92. The summed E-state index contributed by atoms with van der Waals surface area (Å²) in [5, 5.41) is 7.56. The van der Waals surface area contributed by atoms with Crippen molar-refractivity contribution in [3.63, 3.8) is 0 Å². The van der Waals surface area contributed by atoms with Crippen molar-refractivity contribution in [1.82, 2.24) is 21.1 Å². The average Bonchev–Trinajstić information content (AvgIpc) is 3.02. The van der Waals surface area contributed by atoms with Gasteiger partial charge in [0, 0.05) is 24.2 Å². The van der Waals surface area contributed by atoms with E-state index in [0.29, 0.717) is 17.1 Å². The summed E-state index contributed by atoms with van der Waals surface area (Å²) in [6.45, 7) is 4.24. The molecule has 1 aliphatic heterocycles. The second kappa shape index (κ2) is 10.3. The number of aliphatic imine (C=N–C) groups is 1. The maximum absolute atomic E-state index is 15.3. The number of hydrogen-bond acceptors (Lipinski definition) is 4. The Morgan fingerprint density at radius 2 is 1.88 bits per heavy atom. The minimum absolute atomic E-state index is 0.0338. The normalized spacial score (nSPS) is 21.8. The molecule has 0 aromatic heterocycles. The lowest BCUT2D eigenvalue weighted by Gasteiger charge is -2.24. The van der Waals surface area contributed by atoms with Gasteiger partial charge in [-0.3, -0.25) is 15.1 Å². The van der Waals surface area contributed by atoms with Crippen molar-refractivity contribution < 1.29 is 18.0 Å². The maximum Gasteiger partial charge on any atom is 0.258 e. The number of nitrogens with one attached hydrogen (secondary N) is 3. The van der Waals surface area contributed by atoms with E-state index in [1.165, 1.54) is 0 Å². The van der Waals surface area contributed by atoms with Gasteiger partial charge >= 0.3 is 0 Å². The molecule has 1 saturated heterocycles. The maximum atomic E-state index is 15.3. The summed E-state index contributed by atoms with van der Waals surface area (Å²) in [6.07, 6.45) is -2.25. The Hall–Kier alpha value is -2.62. The largest absolute Gasteiger partial charge is 0.337 e. The number of halogens is 4. The van der Waals surface area contributed by atoms with Gasteiger partial charge in [-0.15, -0.1) is 0 Å². The molecule has 3 unspecified atom stereocenters. The Morgan fingerprint density at radius 3 is 2.50 bits per heavy atom. The van der Waals surface area contributed by atoms with Gasteiger partial charge in [0.1, 0.15) is 6.17 Å². The summed E-state index contributed by atoms with van der Waals surface area (Å²) in [7, 11) is 1.66. The number of carbonyl (C=O) groups is 1. The van der Waals surface area contributed by atoms with E-state index < -0.39 is 35.9 Å². The predicted molar refractivity (Wildman–Crippen MR) is 118 cm³/mol. The van der Waals surface area contributed by atoms with Crippen LogP contribution in [0.1, 0.15) is 35.8 Å². The number of amides is 1. The van der Waals surface area contributed by atoms with E-state index in [-0.39, 0.29) is 17.4 Å². The Morgan fingerprint density at radius 1 is 1.19 bits per heavy atom.